The van der Waals surface area contributed by atoms with Gasteiger partial charge in [0.25, 0.3) is 0 Å². The lowest BCUT2D eigenvalue weighted by atomic mass is 10.2. The average Bonchev–Trinajstić information content (AvgIpc) is 2.88. The Balaban J connectivity index is 2.19. The molecule has 0 aliphatic carbocycles. The highest BCUT2D eigenvalue weighted by atomic mass is 32.1. The number of aliphatic hydroxyl groups excluding tert-OH is 1. The van der Waals surface area contributed by atoms with E-state index in [1.165, 1.54) is 4.88 Å². The number of aliphatic hydroxyl groups is 1. The number of aromatic nitrogens is 1. The highest BCUT2D eigenvalue weighted by Crippen LogP contribution is 2.21. The maximum absolute atomic E-state index is 9.52. The van der Waals surface area contributed by atoms with Gasteiger partial charge in [0.1, 0.15) is 5.82 Å². The van der Waals surface area contributed by atoms with E-state index in [4.69, 9.17) is 0 Å². The Morgan fingerprint density at radius 1 is 1.26 bits per heavy atom. The molecular weight excluding hydrogens is 256 g/mol. The van der Waals surface area contributed by atoms with Gasteiger partial charge in [0.05, 0.1) is 12.6 Å². The van der Waals surface area contributed by atoms with Gasteiger partial charge in [-0.05, 0) is 43.8 Å². The SMILES string of the molecule is CC(O)c1ccc(N(Cc2cccs2)C(C)C)nc1. The van der Waals surface area contributed by atoms with Gasteiger partial charge in [-0.2, -0.15) is 0 Å². The van der Waals surface area contributed by atoms with Crippen LogP contribution in [0.3, 0.4) is 0 Å². The van der Waals surface area contributed by atoms with Crippen molar-refractivity contribution in [3.63, 3.8) is 0 Å². The topological polar surface area (TPSA) is 36.4 Å². The van der Waals surface area contributed by atoms with Crippen LogP contribution >= 0.6 is 11.3 Å². The van der Waals surface area contributed by atoms with Crippen molar-refractivity contribution in [2.75, 3.05) is 4.90 Å². The number of thiophene rings is 1. The van der Waals surface area contributed by atoms with Crippen LogP contribution in [-0.2, 0) is 6.54 Å². The number of anilines is 1. The van der Waals surface area contributed by atoms with Gasteiger partial charge >= 0.3 is 0 Å². The molecule has 2 aromatic rings. The van der Waals surface area contributed by atoms with Crippen LogP contribution in [0.15, 0.2) is 35.8 Å². The zero-order valence-corrected chi connectivity index (χ0v) is 12.4. The van der Waals surface area contributed by atoms with E-state index in [9.17, 15) is 5.11 Å². The van der Waals surface area contributed by atoms with Crippen molar-refractivity contribution in [1.82, 2.24) is 4.98 Å². The van der Waals surface area contributed by atoms with E-state index in [1.54, 1.807) is 24.5 Å². The third-order valence-electron chi connectivity index (χ3n) is 3.08. The van der Waals surface area contributed by atoms with Crippen LogP contribution in [0.2, 0.25) is 0 Å². The molecule has 0 aliphatic rings. The zero-order chi connectivity index (χ0) is 13.8. The molecule has 4 heteroatoms. The first-order valence-electron chi connectivity index (χ1n) is 6.51. The maximum Gasteiger partial charge on any atom is 0.129 e. The van der Waals surface area contributed by atoms with Gasteiger partial charge in [-0.3, -0.25) is 0 Å². The van der Waals surface area contributed by atoms with Gasteiger partial charge < -0.3 is 10.0 Å². The van der Waals surface area contributed by atoms with E-state index in [0.717, 1.165) is 17.9 Å². The van der Waals surface area contributed by atoms with E-state index in [2.05, 4.69) is 41.2 Å². The normalized spacial score (nSPS) is 12.7. The quantitative estimate of drug-likeness (QED) is 0.906. The fraction of sp³-hybridized carbons (Fsp3) is 0.400. The summed E-state index contributed by atoms with van der Waals surface area (Å²) in [6.07, 6.45) is 1.29. The number of nitrogens with zero attached hydrogens (tertiary/aromatic N) is 2. The zero-order valence-electron chi connectivity index (χ0n) is 11.6. The van der Waals surface area contributed by atoms with Gasteiger partial charge in [0.15, 0.2) is 0 Å². The maximum atomic E-state index is 9.52. The summed E-state index contributed by atoms with van der Waals surface area (Å²) in [5, 5.41) is 11.6. The third kappa shape index (κ3) is 3.55. The molecule has 2 aromatic heterocycles. The summed E-state index contributed by atoms with van der Waals surface area (Å²) in [4.78, 5) is 8.06. The van der Waals surface area contributed by atoms with Crippen LogP contribution in [0.4, 0.5) is 5.82 Å². The summed E-state index contributed by atoms with van der Waals surface area (Å²) in [6, 6.07) is 8.52. The van der Waals surface area contributed by atoms with Crippen molar-refractivity contribution >= 4 is 17.2 Å². The average molecular weight is 276 g/mol. The van der Waals surface area contributed by atoms with Crippen molar-refractivity contribution in [2.45, 2.75) is 39.5 Å². The molecule has 0 amide bonds. The molecular formula is C15H20N2OS. The minimum Gasteiger partial charge on any atom is -0.389 e. The molecule has 1 unspecified atom stereocenters. The van der Waals surface area contributed by atoms with Crippen molar-refractivity contribution < 1.29 is 5.11 Å². The molecule has 0 bridgehead atoms. The van der Waals surface area contributed by atoms with Crippen LogP contribution in [-0.4, -0.2) is 16.1 Å². The Kier molecular flexibility index (Phi) is 4.56. The first-order valence-corrected chi connectivity index (χ1v) is 7.39. The predicted molar refractivity (Wildman–Crippen MR) is 80.5 cm³/mol. The van der Waals surface area contributed by atoms with Gasteiger partial charge in [-0.1, -0.05) is 12.1 Å². The first kappa shape index (κ1) is 14.0. The van der Waals surface area contributed by atoms with Crippen LogP contribution in [0.5, 0.6) is 0 Å². The lowest BCUT2D eigenvalue weighted by Crippen LogP contribution is -2.30. The first-order chi connectivity index (χ1) is 9.08. The Hall–Kier alpha value is -1.39. The van der Waals surface area contributed by atoms with Gasteiger partial charge in [0.2, 0.25) is 0 Å². The summed E-state index contributed by atoms with van der Waals surface area (Å²) in [6.45, 7) is 6.95. The largest absolute Gasteiger partial charge is 0.389 e. The van der Waals surface area contributed by atoms with Crippen LogP contribution in [0, 0.1) is 0 Å². The molecule has 19 heavy (non-hydrogen) atoms. The molecule has 2 rings (SSSR count). The molecule has 2 heterocycles. The summed E-state index contributed by atoms with van der Waals surface area (Å²) in [7, 11) is 0. The second-order valence-corrected chi connectivity index (χ2v) is 5.96. The van der Waals surface area contributed by atoms with Crippen LogP contribution < -0.4 is 4.90 Å². The highest BCUT2D eigenvalue weighted by molar-refractivity contribution is 7.09. The summed E-state index contributed by atoms with van der Waals surface area (Å²) >= 11 is 1.76. The van der Waals surface area contributed by atoms with E-state index in [1.807, 2.05) is 12.1 Å². The molecule has 1 N–H and O–H groups in total. The van der Waals surface area contributed by atoms with Crippen molar-refractivity contribution in [1.29, 1.82) is 0 Å². The Labute approximate surface area is 118 Å². The van der Waals surface area contributed by atoms with E-state index < -0.39 is 6.10 Å². The lowest BCUT2D eigenvalue weighted by Gasteiger charge is -2.27. The number of hydrogen-bond donors (Lipinski definition) is 1. The lowest BCUT2D eigenvalue weighted by molar-refractivity contribution is 0.199. The van der Waals surface area contributed by atoms with Gasteiger partial charge in [0, 0.05) is 17.1 Å². The van der Waals surface area contributed by atoms with Crippen LogP contribution in [0.25, 0.3) is 0 Å². The fourth-order valence-corrected chi connectivity index (χ4v) is 2.62. The molecule has 3 nitrogen and oxygen atoms in total. The Morgan fingerprint density at radius 3 is 2.53 bits per heavy atom. The molecule has 1 atom stereocenters. The number of pyridine rings is 1. The molecule has 0 radical (unpaired) electrons. The highest BCUT2D eigenvalue weighted by Gasteiger charge is 2.13. The standard InChI is InChI=1S/C15H20N2OS/c1-11(2)17(10-14-5-4-8-19-14)15-7-6-13(9-16-15)12(3)18/h4-9,11-12,18H,10H2,1-3H3. The minimum absolute atomic E-state index is 0.381. The molecule has 0 saturated heterocycles. The molecule has 0 spiro atoms. The van der Waals surface area contributed by atoms with E-state index in [-0.39, 0.29) is 0 Å². The minimum atomic E-state index is -0.466. The molecule has 0 aromatic carbocycles. The fourth-order valence-electron chi connectivity index (χ4n) is 1.91. The number of hydrogen-bond acceptors (Lipinski definition) is 4. The van der Waals surface area contributed by atoms with Gasteiger partial charge in [-0.25, -0.2) is 4.98 Å². The van der Waals surface area contributed by atoms with Crippen LogP contribution in [0.1, 0.15) is 37.3 Å². The van der Waals surface area contributed by atoms with Crippen molar-refractivity contribution in [2.24, 2.45) is 0 Å². The molecule has 0 saturated carbocycles. The second-order valence-electron chi connectivity index (χ2n) is 4.93. The van der Waals surface area contributed by atoms with Crippen molar-refractivity contribution in [3.8, 4) is 0 Å². The smallest absolute Gasteiger partial charge is 0.129 e. The number of rotatable bonds is 5. The van der Waals surface area contributed by atoms with E-state index >= 15 is 0 Å². The third-order valence-corrected chi connectivity index (χ3v) is 3.94. The monoisotopic (exact) mass is 276 g/mol. The summed E-state index contributed by atoms with van der Waals surface area (Å²) in [5.74, 6) is 0.952. The van der Waals surface area contributed by atoms with Gasteiger partial charge in [-0.15, -0.1) is 11.3 Å². The molecule has 0 aliphatic heterocycles. The Morgan fingerprint density at radius 2 is 2.05 bits per heavy atom. The predicted octanol–water partition coefficient (Wildman–Crippen LogP) is 3.61. The second kappa shape index (κ2) is 6.17. The van der Waals surface area contributed by atoms with E-state index in [0.29, 0.717) is 6.04 Å². The Bertz CT molecular complexity index is 491. The molecule has 102 valence electrons. The summed E-state index contributed by atoms with van der Waals surface area (Å²) < 4.78 is 0. The molecule has 0 fully saturated rings. The van der Waals surface area contributed by atoms with Crippen molar-refractivity contribution in [3.05, 3.63) is 46.3 Å². The summed E-state index contributed by atoms with van der Waals surface area (Å²) in [5.41, 5.74) is 0.851.